The molecular formula is C16H20N2S. The lowest BCUT2D eigenvalue weighted by Gasteiger charge is -2.06. The molecule has 0 unspecified atom stereocenters. The van der Waals surface area contributed by atoms with Crippen LogP contribution in [-0.2, 0) is 25.8 Å². The van der Waals surface area contributed by atoms with Gasteiger partial charge in [-0.2, -0.15) is 0 Å². The highest BCUT2D eigenvalue weighted by molar-refractivity contribution is 7.11. The van der Waals surface area contributed by atoms with E-state index < -0.39 is 0 Å². The number of rotatable bonds is 4. The zero-order valence-corrected chi connectivity index (χ0v) is 12.2. The number of nitrogens with one attached hydrogen (secondary N) is 1. The standard InChI is InChI=1S/C16H20N2S/c1-2-12-7-9-13(10-8-12)17-11-16-18-14-5-3-4-6-15(14)19-16/h7-10,17H,2-6,11H2,1H3. The fourth-order valence-electron chi connectivity index (χ4n) is 2.52. The number of anilines is 1. The Morgan fingerprint density at radius 1 is 1.16 bits per heavy atom. The number of hydrogen-bond acceptors (Lipinski definition) is 3. The Labute approximate surface area is 118 Å². The van der Waals surface area contributed by atoms with Crippen molar-refractivity contribution >= 4 is 17.0 Å². The lowest BCUT2D eigenvalue weighted by Crippen LogP contribution is -2.01. The molecule has 2 aromatic rings. The van der Waals surface area contributed by atoms with Crippen LogP contribution in [0.4, 0.5) is 5.69 Å². The molecule has 100 valence electrons. The molecule has 1 N–H and O–H groups in total. The minimum atomic E-state index is 0.850. The molecular weight excluding hydrogens is 252 g/mol. The van der Waals surface area contributed by atoms with E-state index in [0.717, 1.165) is 13.0 Å². The van der Waals surface area contributed by atoms with Crippen molar-refractivity contribution in [1.82, 2.24) is 4.98 Å². The van der Waals surface area contributed by atoms with Crippen molar-refractivity contribution in [3.8, 4) is 0 Å². The van der Waals surface area contributed by atoms with Gasteiger partial charge in [-0.25, -0.2) is 4.98 Å². The third-order valence-corrected chi connectivity index (χ3v) is 4.85. The Hall–Kier alpha value is -1.35. The predicted molar refractivity (Wildman–Crippen MR) is 81.9 cm³/mol. The Kier molecular flexibility index (Phi) is 3.83. The summed E-state index contributed by atoms with van der Waals surface area (Å²) in [6, 6.07) is 8.70. The SMILES string of the molecule is CCc1ccc(NCc2nc3c(s2)CCCC3)cc1. The van der Waals surface area contributed by atoms with E-state index in [-0.39, 0.29) is 0 Å². The molecule has 0 spiro atoms. The molecule has 1 aromatic heterocycles. The molecule has 0 saturated carbocycles. The van der Waals surface area contributed by atoms with Crippen molar-refractivity contribution in [1.29, 1.82) is 0 Å². The Balaban J connectivity index is 1.63. The van der Waals surface area contributed by atoms with Gasteiger partial charge in [0.1, 0.15) is 5.01 Å². The molecule has 19 heavy (non-hydrogen) atoms. The van der Waals surface area contributed by atoms with Crippen LogP contribution in [0.15, 0.2) is 24.3 Å². The maximum atomic E-state index is 4.76. The summed E-state index contributed by atoms with van der Waals surface area (Å²) in [6.45, 7) is 3.03. The number of fused-ring (bicyclic) bond motifs is 1. The minimum Gasteiger partial charge on any atom is -0.379 e. The van der Waals surface area contributed by atoms with Crippen molar-refractivity contribution in [3.63, 3.8) is 0 Å². The summed E-state index contributed by atoms with van der Waals surface area (Å²) in [6.07, 6.45) is 6.15. The molecule has 0 bridgehead atoms. The third-order valence-electron chi connectivity index (χ3n) is 3.70. The van der Waals surface area contributed by atoms with Crippen LogP contribution in [0, 0.1) is 0 Å². The maximum absolute atomic E-state index is 4.76. The normalized spacial score (nSPS) is 14.2. The second kappa shape index (κ2) is 5.74. The first kappa shape index (κ1) is 12.7. The Morgan fingerprint density at radius 2 is 1.95 bits per heavy atom. The van der Waals surface area contributed by atoms with Crippen LogP contribution < -0.4 is 5.32 Å². The van der Waals surface area contributed by atoms with Gasteiger partial charge >= 0.3 is 0 Å². The Bertz CT molecular complexity index is 519. The van der Waals surface area contributed by atoms with Crippen molar-refractivity contribution in [2.45, 2.75) is 45.6 Å². The molecule has 3 rings (SSSR count). The molecule has 3 heteroatoms. The van der Waals surface area contributed by atoms with E-state index in [0.29, 0.717) is 0 Å². The number of benzene rings is 1. The second-order valence-electron chi connectivity index (χ2n) is 5.09. The number of aryl methyl sites for hydroxylation is 3. The van der Waals surface area contributed by atoms with Crippen molar-refractivity contribution in [2.24, 2.45) is 0 Å². The quantitative estimate of drug-likeness (QED) is 0.902. The first-order chi connectivity index (χ1) is 9.35. The van der Waals surface area contributed by atoms with Crippen LogP contribution in [0.25, 0.3) is 0 Å². The first-order valence-corrected chi connectivity index (χ1v) is 7.97. The zero-order chi connectivity index (χ0) is 13.1. The molecule has 0 radical (unpaired) electrons. The third kappa shape index (κ3) is 2.98. The lowest BCUT2D eigenvalue weighted by molar-refractivity contribution is 0.681. The van der Waals surface area contributed by atoms with Crippen molar-refractivity contribution in [3.05, 3.63) is 45.4 Å². The average Bonchev–Trinajstić information content (AvgIpc) is 2.88. The van der Waals surface area contributed by atoms with Crippen molar-refractivity contribution in [2.75, 3.05) is 5.32 Å². The van der Waals surface area contributed by atoms with E-state index in [4.69, 9.17) is 4.98 Å². The fourth-order valence-corrected chi connectivity index (χ4v) is 3.61. The summed E-state index contributed by atoms with van der Waals surface area (Å²) in [4.78, 5) is 6.27. The van der Waals surface area contributed by atoms with Crippen LogP contribution in [0.3, 0.4) is 0 Å². The van der Waals surface area contributed by atoms with Crippen molar-refractivity contribution < 1.29 is 0 Å². The van der Waals surface area contributed by atoms with Gasteiger partial charge in [0.05, 0.1) is 12.2 Å². The molecule has 2 nitrogen and oxygen atoms in total. The highest BCUT2D eigenvalue weighted by Crippen LogP contribution is 2.27. The lowest BCUT2D eigenvalue weighted by atomic mass is 10.0. The number of hydrogen-bond donors (Lipinski definition) is 1. The molecule has 1 heterocycles. The summed E-state index contributed by atoms with van der Waals surface area (Å²) >= 11 is 1.89. The molecule has 0 atom stereocenters. The van der Waals surface area contributed by atoms with Crippen LogP contribution in [0.5, 0.6) is 0 Å². The molecule has 1 aromatic carbocycles. The number of thiazole rings is 1. The van der Waals surface area contributed by atoms with Crippen LogP contribution >= 0.6 is 11.3 Å². The molecule has 1 aliphatic carbocycles. The van der Waals surface area contributed by atoms with E-state index in [2.05, 4.69) is 36.5 Å². The zero-order valence-electron chi connectivity index (χ0n) is 11.4. The molecule has 0 fully saturated rings. The molecule has 0 amide bonds. The summed E-state index contributed by atoms with van der Waals surface area (Å²) in [5.74, 6) is 0. The van der Waals surface area contributed by atoms with Gasteiger partial charge in [0, 0.05) is 10.6 Å². The number of aromatic nitrogens is 1. The first-order valence-electron chi connectivity index (χ1n) is 7.15. The summed E-state index contributed by atoms with van der Waals surface area (Å²) in [5, 5.41) is 4.70. The van der Waals surface area contributed by atoms with E-state index in [9.17, 15) is 0 Å². The van der Waals surface area contributed by atoms with Gasteiger partial charge in [-0.1, -0.05) is 19.1 Å². The fraction of sp³-hybridized carbons (Fsp3) is 0.438. The van der Waals surface area contributed by atoms with Crippen LogP contribution in [0.1, 0.15) is 40.9 Å². The van der Waals surface area contributed by atoms with Gasteiger partial charge in [-0.15, -0.1) is 11.3 Å². The van der Waals surface area contributed by atoms with Gasteiger partial charge in [0.2, 0.25) is 0 Å². The van der Waals surface area contributed by atoms with Crippen LogP contribution in [-0.4, -0.2) is 4.98 Å². The summed E-state index contributed by atoms with van der Waals surface area (Å²) < 4.78 is 0. The predicted octanol–water partition coefficient (Wildman–Crippen LogP) is 4.20. The summed E-state index contributed by atoms with van der Waals surface area (Å²) in [7, 11) is 0. The largest absolute Gasteiger partial charge is 0.379 e. The maximum Gasteiger partial charge on any atom is 0.112 e. The number of nitrogens with zero attached hydrogens (tertiary/aromatic N) is 1. The van der Waals surface area contributed by atoms with E-state index in [1.54, 1.807) is 0 Å². The highest BCUT2D eigenvalue weighted by Gasteiger charge is 2.14. The molecule has 0 saturated heterocycles. The smallest absolute Gasteiger partial charge is 0.112 e. The van der Waals surface area contributed by atoms with Gasteiger partial charge in [-0.3, -0.25) is 0 Å². The average molecular weight is 272 g/mol. The topological polar surface area (TPSA) is 24.9 Å². The highest BCUT2D eigenvalue weighted by atomic mass is 32.1. The summed E-state index contributed by atoms with van der Waals surface area (Å²) in [5.41, 5.74) is 3.93. The van der Waals surface area contributed by atoms with E-state index >= 15 is 0 Å². The molecule has 1 aliphatic rings. The van der Waals surface area contributed by atoms with Gasteiger partial charge in [0.25, 0.3) is 0 Å². The monoisotopic (exact) mass is 272 g/mol. The Morgan fingerprint density at radius 3 is 2.68 bits per heavy atom. The van der Waals surface area contributed by atoms with Gasteiger partial charge < -0.3 is 5.32 Å². The van der Waals surface area contributed by atoms with Crippen LogP contribution in [0.2, 0.25) is 0 Å². The van der Waals surface area contributed by atoms with Gasteiger partial charge in [-0.05, 0) is 49.8 Å². The van der Waals surface area contributed by atoms with Gasteiger partial charge in [0.15, 0.2) is 0 Å². The minimum absolute atomic E-state index is 0.850. The second-order valence-corrected chi connectivity index (χ2v) is 6.26. The van der Waals surface area contributed by atoms with E-state index in [1.807, 2.05) is 11.3 Å². The molecule has 0 aliphatic heterocycles. The van der Waals surface area contributed by atoms with E-state index in [1.165, 1.54) is 52.5 Å².